The van der Waals surface area contributed by atoms with Crippen molar-refractivity contribution in [3.63, 3.8) is 0 Å². The minimum atomic E-state index is -0.0915. The molecule has 20 heavy (non-hydrogen) atoms. The molecule has 3 heteroatoms. The van der Waals surface area contributed by atoms with E-state index in [4.69, 9.17) is 0 Å². The van der Waals surface area contributed by atoms with Crippen molar-refractivity contribution in [2.45, 2.75) is 57.0 Å². The SMILES string of the molecule is Fc1ccccc1N1CCC(NC2CCCCC2)CC1. The predicted molar refractivity (Wildman–Crippen MR) is 81.6 cm³/mol. The molecule has 1 aromatic carbocycles. The van der Waals surface area contributed by atoms with Crippen molar-refractivity contribution in [2.24, 2.45) is 0 Å². The summed E-state index contributed by atoms with van der Waals surface area (Å²) in [5.74, 6) is -0.0915. The van der Waals surface area contributed by atoms with Gasteiger partial charge in [0.2, 0.25) is 0 Å². The van der Waals surface area contributed by atoms with Gasteiger partial charge in [-0.3, -0.25) is 0 Å². The number of para-hydroxylation sites is 1. The van der Waals surface area contributed by atoms with Crippen molar-refractivity contribution in [1.29, 1.82) is 0 Å². The average Bonchev–Trinajstić information content (AvgIpc) is 2.50. The van der Waals surface area contributed by atoms with E-state index in [-0.39, 0.29) is 5.82 Å². The third-order valence-corrected chi connectivity index (χ3v) is 4.76. The zero-order valence-electron chi connectivity index (χ0n) is 12.2. The van der Waals surface area contributed by atoms with Gasteiger partial charge in [-0.05, 0) is 37.8 Å². The molecule has 1 N–H and O–H groups in total. The van der Waals surface area contributed by atoms with E-state index in [0.29, 0.717) is 6.04 Å². The Morgan fingerprint density at radius 3 is 2.25 bits per heavy atom. The quantitative estimate of drug-likeness (QED) is 0.905. The first kappa shape index (κ1) is 13.9. The Morgan fingerprint density at radius 2 is 1.55 bits per heavy atom. The Kier molecular flexibility index (Phi) is 4.56. The number of hydrogen-bond acceptors (Lipinski definition) is 2. The molecule has 3 rings (SSSR count). The van der Waals surface area contributed by atoms with E-state index in [0.717, 1.165) is 37.7 Å². The number of rotatable bonds is 3. The van der Waals surface area contributed by atoms with Crippen LogP contribution in [0.25, 0.3) is 0 Å². The van der Waals surface area contributed by atoms with Crippen molar-refractivity contribution in [2.75, 3.05) is 18.0 Å². The van der Waals surface area contributed by atoms with Crippen LogP contribution in [0.3, 0.4) is 0 Å². The molecule has 1 aromatic rings. The predicted octanol–water partition coefficient (Wildman–Crippen LogP) is 3.72. The van der Waals surface area contributed by atoms with Gasteiger partial charge in [-0.1, -0.05) is 31.4 Å². The van der Waals surface area contributed by atoms with Crippen LogP contribution in [0.2, 0.25) is 0 Å². The number of nitrogens with zero attached hydrogens (tertiary/aromatic N) is 1. The molecule has 0 radical (unpaired) electrons. The summed E-state index contributed by atoms with van der Waals surface area (Å²) in [5.41, 5.74) is 0.767. The number of piperidine rings is 1. The number of halogens is 1. The van der Waals surface area contributed by atoms with E-state index in [1.54, 1.807) is 12.1 Å². The highest BCUT2D eigenvalue weighted by atomic mass is 19.1. The monoisotopic (exact) mass is 276 g/mol. The molecule has 0 unspecified atom stereocenters. The van der Waals surface area contributed by atoms with Crippen molar-refractivity contribution in [3.05, 3.63) is 30.1 Å². The van der Waals surface area contributed by atoms with Crippen LogP contribution in [0.1, 0.15) is 44.9 Å². The van der Waals surface area contributed by atoms with Crippen molar-refractivity contribution < 1.29 is 4.39 Å². The second-order valence-corrected chi connectivity index (χ2v) is 6.21. The van der Waals surface area contributed by atoms with E-state index < -0.39 is 0 Å². The number of nitrogens with one attached hydrogen (secondary N) is 1. The lowest BCUT2D eigenvalue weighted by molar-refractivity contribution is 0.307. The molecule has 2 fully saturated rings. The lowest BCUT2D eigenvalue weighted by Crippen LogP contribution is -2.46. The molecule has 1 aliphatic carbocycles. The lowest BCUT2D eigenvalue weighted by atomic mass is 9.93. The number of hydrogen-bond donors (Lipinski definition) is 1. The molecule has 0 aromatic heterocycles. The summed E-state index contributed by atoms with van der Waals surface area (Å²) in [6.07, 6.45) is 9.11. The van der Waals surface area contributed by atoms with E-state index >= 15 is 0 Å². The van der Waals surface area contributed by atoms with Crippen LogP contribution < -0.4 is 10.2 Å². The first-order valence-electron chi connectivity index (χ1n) is 8.08. The molecule has 2 nitrogen and oxygen atoms in total. The second-order valence-electron chi connectivity index (χ2n) is 6.21. The molecule has 0 bridgehead atoms. The zero-order valence-corrected chi connectivity index (χ0v) is 12.2. The van der Waals surface area contributed by atoms with E-state index in [1.165, 1.54) is 32.1 Å². The van der Waals surface area contributed by atoms with Gasteiger partial charge in [0.1, 0.15) is 5.82 Å². The Balaban J connectivity index is 1.50. The zero-order chi connectivity index (χ0) is 13.8. The fourth-order valence-electron chi connectivity index (χ4n) is 3.60. The summed E-state index contributed by atoms with van der Waals surface area (Å²) < 4.78 is 13.8. The summed E-state index contributed by atoms with van der Waals surface area (Å²) in [4.78, 5) is 2.19. The van der Waals surface area contributed by atoms with Gasteiger partial charge in [0.15, 0.2) is 0 Å². The summed E-state index contributed by atoms with van der Waals surface area (Å²) >= 11 is 0. The van der Waals surface area contributed by atoms with Crippen molar-refractivity contribution in [1.82, 2.24) is 5.32 Å². The van der Waals surface area contributed by atoms with Crippen molar-refractivity contribution >= 4 is 5.69 Å². The molecule has 0 amide bonds. The fourth-order valence-corrected chi connectivity index (χ4v) is 3.60. The molecule has 1 heterocycles. The number of anilines is 1. The molecule has 1 aliphatic heterocycles. The third-order valence-electron chi connectivity index (χ3n) is 4.76. The Morgan fingerprint density at radius 1 is 0.900 bits per heavy atom. The summed E-state index contributed by atoms with van der Waals surface area (Å²) in [7, 11) is 0. The fraction of sp³-hybridized carbons (Fsp3) is 0.647. The third kappa shape index (κ3) is 3.32. The smallest absolute Gasteiger partial charge is 0.146 e. The van der Waals surface area contributed by atoms with Crippen LogP contribution in [0.15, 0.2) is 24.3 Å². The summed E-state index contributed by atoms with van der Waals surface area (Å²) in [6, 6.07) is 8.49. The second kappa shape index (κ2) is 6.57. The summed E-state index contributed by atoms with van der Waals surface area (Å²) in [5, 5.41) is 3.82. The largest absolute Gasteiger partial charge is 0.369 e. The van der Waals surface area contributed by atoms with Gasteiger partial charge in [0.25, 0.3) is 0 Å². The van der Waals surface area contributed by atoms with E-state index in [1.807, 2.05) is 12.1 Å². The molecule has 0 atom stereocenters. The number of benzene rings is 1. The molecule has 1 saturated heterocycles. The van der Waals surface area contributed by atoms with Gasteiger partial charge in [-0.15, -0.1) is 0 Å². The standard InChI is InChI=1S/C17H25FN2/c18-16-8-4-5-9-17(16)20-12-10-15(11-13-20)19-14-6-2-1-3-7-14/h4-5,8-9,14-15,19H,1-3,6-7,10-13H2. The van der Waals surface area contributed by atoms with Crippen molar-refractivity contribution in [3.8, 4) is 0 Å². The highest BCUT2D eigenvalue weighted by Gasteiger charge is 2.23. The minimum absolute atomic E-state index is 0.0915. The molecular weight excluding hydrogens is 251 g/mol. The maximum Gasteiger partial charge on any atom is 0.146 e. The highest BCUT2D eigenvalue weighted by Crippen LogP contribution is 2.24. The average molecular weight is 276 g/mol. The summed E-state index contributed by atoms with van der Waals surface area (Å²) in [6.45, 7) is 1.93. The van der Waals surface area contributed by atoms with Gasteiger partial charge >= 0.3 is 0 Å². The maximum atomic E-state index is 13.8. The lowest BCUT2D eigenvalue weighted by Gasteiger charge is -2.36. The Labute approximate surface area is 121 Å². The van der Waals surface area contributed by atoms with Crippen LogP contribution in [-0.2, 0) is 0 Å². The van der Waals surface area contributed by atoms with Gasteiger partial charge < -0.3 is 10.2 Å². The topological polar surface area (TPSA) is 15.3 Å². The minimum Gasteiger partial charge on any atom is -0.369 e. The highest BCUT2D eigenvalue weighted by molar-refractivity contribution is 5.47. The molecular formula is C17H25FN2. The van der Waals surface area contributed by atoms with Crippen LogP contribution >= 0.6 is 0 Å². The Hall–Kier alpha value is -1.09. The first-order valence-corrected chi connectivity index (χ1v) is 8.08. The van der Waals surface area contributed by atoms with Gasteiger partial charge in [0, 0.05) is 25.2 Å². The molecule has 2 aliphatic rings. The van der Waals surface area contributed by atoms with Crippen LogP contribution in [0.5, 0.6) is 0 Å². The van der Waals surface area contributed by atoms with Crippen LogP contribution in [-0.4, -0.2) is 25.2 Å². The Bertz CT molecular complexity index is 421. The van der Waals surface area contributed by atoms with Gasteiger partial charge in [0.05, 0.1) is 5.69 Å². The first-order chi connectivity index (χ1) is 9.83. The molecule has 0 spiro atoms. The van der Waals surface area contributed by atoms with Crippen LogP contribution in [0, 0.1) is 5.82 Å². The maximum absolute atomic E-state index is 13.8. The van der Waals surface area contributed by atoms with Gasteiger partial charge in [-0.25, -0.2) is 4.39 Å². The molecule has 110 valence electrons. The van der Waals surface area contributed by atoms with Gasteiger partial charge in [-0.2, -0.15) is 0 Å². The van der Waals surface area contributed by atoms with E-state index in [2.05, 4.69) is 10.2 Å². The van der Waals surface area contributed by atoms with Crippen LogP contribution in [0.4, 0.5) is 10.1 Å². The molecule has 1 saturated carbocycles. The normalized spacial score (nSPS) is 22.1. The van der Waals surface area contributed by atoms with E-state index in [9.17, 15) is 4.39 Å².